The number of nitrogens with one attached hydrogen (secondary N) is 1. The maximum absolute atomic E-state index is 12.4. The first-order valence-corrected chi connectivity index (χ1v) is 6.85. The maximum atomic E-state index is 12.4. The summed E-state index contributed by atoms with van der Waals surface area (Å²) in [5.74, 6) is -0.323. The first kappa shape index (κ1) is 13.6. The minimum atomic E-state index is -0.623. The molecule has 110 valence electrons. The van der Waals surface area contributed by atoms with Crippen LogP contribution < -0.4 is 11.1 Å². The van der Waals surface area contributed by atoms with Crippen LogP contribution in [0.4, 0.5) is 5.69 Å². The Morgan fingerprint density at radius 2 is 2.19 bits per heavy atom. The summed E-state index contributed by atoms with van der Waals surface area (Å²) >= 11 is 0. The number of aliphatic hydroxyl groups is 1. The smallest absolute Gasteiger partial charge is 0.272 e. The highest BCUT2D eigenvalue weighted by atomic mass is 16.3. The van der Waals surface area contributed by atoms with E-state index in [4.69, 9.17) is 5.73 Å². The number of aryl methyl sites for hydroxylation is 2. The predicted molar refractivity (Wildman–Crippen MR) is 78.7 cm³/mol. The summed E-state index contributed by atoms with van der Waals surface area (Å²) in [5, 5.41) is 17.2. The van der Waals surface area contributed by atoms with Gasteiger partial charge in [0.05, 0.1) is 23.5 Å². The molecule has 0 aliphatic heterocycles. The van der Waals surface area contributed by atoms with Gasteiger partial charge in [-0.3, -0.25) is 9.48 Å². The number of benzene rings is 1. The standard InChI is InChI=1S/C15H18N4O2/c1-8-12(16)14(19(2)18-8)15(21)17-13-10-6-4-3-5-9(10)7-11(13)20/h3-6,11,13,20H,7,16H2,1-2H3,(H,17,21)/t11-,13+/m0/s1. The van der Waals surface area contributed by atoms with E-state index in [9.17, 15) is 9.90 Å². The third-order valence-corrected chi connectivity index (χ3v) is 3.97. The van der Waals surface area contributed by atoms with E-state index in [1.54, 1.807) is 14.0 Å². The Kier molecular flexibility index (Phi) is 3.17. The fraction of sp³-hybridized carbons (Fsp3) is 0.333. The zero-order valence-electron chi connectivity index (χ0n) is 12.0. The van der Waals surface area contributed by atoms with E-state index >= 15 is 0 Å². The maximum Gasteiger partial charge on any atom is 0.272 e. The highest BCUT2D eigenvalue weighted by molar-refractivity contribution is 5.98. The van der Waals surface area contributed by atoms with Crippen molar-refractivity contribution >= 4 is 11.6 Å². The average Bonchev–Trinajstić information content (AvgIpc) is 2.88. The van der Waals surface area contributed by atoms with Gasteiger partial charge in [-0.2, -0.15) is 5.10 Å². The largest absolute Gasteiger partial charge is 0.395 e. The van der Waals surface area contributed by atoms with Crippen LogP contribution in [0.3, 0.4) is 0 Å². The van der Waals surface area contributed by atoms with E-state index in [0.717, 1.165) is 11.1 Å². The van der Waals surface area contributed by atoms with Crippen LogP contribution in [-0.4, -0.2) is 26.9 Å². The molecule has 1 aliphatic carbocycles. The molecule has 6 heteroatoms. The molecule has 0 radical (unpaired) electrons. The number of hydrogen-bond donors (Lipinski definition) is 3. The lowest BCUT2D eigenvalue weighted by atomic mass is 10.1. The minimum Gasteiger partial charge on any atom is -0.395 e. The fourth-order valence-corrected chi connectivity index (χ4v) is 2.90. The topological polar surface area (TPSA) is 93.2 Å². The molecule has 6 nitrogen and oxygen atoms in total. The van der Waals surface area contributed by atoms with Crippen LogP contribution in [0.1, 0.15) is 33.4 Å². The van der Waals surface area contributed by atoms with Crippen molar-refractivity contribution in [1.82, 2.24) is 15.1 Å². The Balaban J connectivity index is 1.89. The van der Waals surface area contributed by atoms with Crippen molar-refractivity contribution in [3.8, 4) is 0 Å². The number of hydrogen-bond acceptors (Lipinski definition) is 4. The molecule has 1 amide bonds. The van der Waals surface area contributed by atoms with Crippen molar-refractivity contribution < 1.29 is 9.90 Å². The lowest BCUT2D eigenvalue weighted by Gasteiger charge is -2.18. The number of nitrogens with two attached hydrogens (primary N) is 1. The molecule has 3 rings (SSSR count). The van der Waals surface area contributed by atoms with Crippen molar-refractivity contribution in [3.05, 3.63) is 46.8 Å². The summed E-state index contributed by atoms with van der Waals surface area (Å²) in [6, 6.07) is 7.31. The molecule has 1 aromatic carbocycles. The van der Waals surface area contributed by atoms with E-state index in [2.05, 4.69) is 10.4 Å². The quantitative estimate of drug-likeness (QED) is 0.757. The van der Waals surface area contributed by atoms with Gasteiger partial charge in [-0.25, -0.2) is 0 Å². The molecule has 0 fully saturated rings. The number of carbonyl (C=O) groups is 1. The van der Waals surface area contributed by atoms with Crippen LogP contribution in [0.25, 0.3) is 0 Å². The molecule has 0 unspecified atom stereocenters. The average molecular weight is 286 g/mol. The Bertz CT molecular complexity index is 708. The lowest BCUT2D eigenvalue weighted by molar-refractivity contribution is 0.0850. The van der Waals surface area contributed by atoms with Gasteiger partial charge in [0.15, 0.2) is 0 Å². The summed E-state index contributed by atoms with van der Waals surface area (Å²) in [5.41, 5.74) is 9.23. The van der Waals surface area contributed by atoms with Gasteiger partial charge in [0.25, 0.3) is 5.91 Å². The number of rotatable bonds is 2. The normalized spacial score (nSPS) is 20.3. The number of aromatic nitrogens is 2. The van der Waals surface area contributed by atoms with Gasteiger partial charge in [-0.1, -0.05) is 24.3 Å². The second-order valence-corrected chi connectivity index (χ2v) is 5.39. The fourth-order valence-electron chi connectivity index (χ4n) is 2.90. The Labute approximate surface area is 122 Å². The summed E-state index contributed by atoms with van der Waals surface area (Å²) in [6.07, 6.45) is -0.0806. The van der Waals surface area contributed by atoms with Crippen molar-refractivity contribution in [2.75, 3.05) is 5.73 Å². The molecule has 2 atom stereocenters. The van der Waals surface area contributed by atoms with Gasteiger partial charge in [-0.05, 0) is 18.1 Å². The summed E-state index contributed by atoms with van der Waals surface area (Å²) in [7, 11) is 1.68. The summed E-state index contributed by atoms with van der Waals surface area (Å²) in [6.45, 7) is 1.76. The van der Waals surface area contributed by atoms with E-state index < -0.39 is 12.1 Å². The molecular formula is C15H18N4O2. The molecule has 21 heavy (non-hydrogen) atoms. The SMILES string of the molecule is Cc1nn(C)c(C(=O)N[C@@H]2c3ccccc3C[C@@H]2O)c1N. The van der Waals surface area contributed by atoms with Crippen LogP contribution in [-0.2, 0) is 13.5 Å². The van der Waals surface area contributed by atoms with Gasteiger partial charge >= 0.3 is 0 Å². The molecular weight excluding hydrogens is 268 g/mol. The number of amides is 1. The molecule has 2 aromatic rings. The van der Waals surface area contributed by atoms with Gasteiger partial charge in [-0.15, -0.1) is 0 Å². The van der Waals surface area contributed by atoms with Crippen LogP contribution in [0.15, 0.2) is 24.3 Å². The summed E-state index contributed by atoms with van der Waals surface area (Å²) < 4.78 is 1.47. The van der Waals surface area contributed by atoms with E-state index in [1.165, 1.54) is 4.68 Å². The number of aliphatic hydroxyl groups excluding tert-OH is 1. The third kappa shape index (κ3) is 2.17. The Morgan fingerprint density at radius 3 is 2.86 bits per heavy atom. The number of nitrogen functional groups attached to an aromatic ring is 1. The second-order valence-electron chi connectivity index (χ2n) is 5.39. The highest BCUT2D eigenvalue weighted by Gasteiger charge is 2.33. The zero-order chi connectivity index (χ0) is 15.1. The van der Waals surface area contributed by atoms with Gasteiger partial charge in [0, 0.05) is 13.5 Å². The molecule has 0 saturated heterocycles. The first-order chi connectivity index (χ1) is 9.99. The lowest BCUT2D eigenvalue weighted by Crippen LogP contribution is -2.35. The van der Waals surface area contributed by atoms with Gasteiger partial charge < -0.3 is 16.2 Å². The highest BCUT2D eigenvalue weighted by Crippen LogP contribution is 2.31. The predicted octanol–water partition coefficient (Wildman–Crippen LogP) is 0.699. The van der Waals surface area contributed by atoms with Crippen LogP contribution in [0.5, 0.6) is 0 Å². The van der Waals surface area contributed by atoms with Crippen molar-refractivity contribution in [2.24, 2.45) is 7.05 Å². The number of fused-ring (bicyclic) bond motifs is 1. The minimum absolute atomic E-state index is 0.323. The molecule has 0 spiro atoms. The Morgan fingerprint density at radius 1 is 1.48 bits per heavy atom. The van der Waals surface area contributed by atoms with Gasteiger partial charge in [0.2, 0.25) is 0 Å². The number of nitrogens with zero attached hydrogens (tertiary/aromatic N) is 2. The first-order valence-electron chi connectivity index (χ1n) is 6.85. The van der Waals surface area contributed by atoms with Crippen molar-refractivity contribution in [1.29, 1.82) is 0 Å². The number of anilines is 1. The van der Waals surface area contributed by atoms with E-state index in [-0.39, 0.29) is 5.91 Å². The second kappa shape index (κ2) is 4.89. The molecule has 0 saturated carbocycles. The van der Waals surface area contributed by atoms with Crippen molar-refractivity contribution in [2.45, 2.75) is 25.5 Å². The molecule has 1 aliphatic rings. The Hall–Kier alpha value is -2.34. The van der Waals surface area contributed by atoms with E-state index in [1.807, 2.05) is 24.3 Å². The van der Waals surface area contributed by atoms with Gasteiger partial charge in [0.1, 0.15) is 5.69 Å². The van der Waals surface area contributed by atoms with Crippen LogP contribution in [0, 0.1) is 6.92 Å². The van der Waals surface area contributed by atoms with Crippen molar-refractivity contribution in [3.63, 3.8) is 0 Å². The molecule has 4 N–H and O–H groups in total. The summed E-state index contributed by atoms with van der Waals surface area (Å²) in [4.78, 5) is 12.4. The van der Waals surface area contributed by atoms with Crippen LogP contribution in [0.2, 0.25) is 0 Å². The molecule has 1 aromatic heterocycles. The monoisotopic (exact) mass is 286 g/mol. The third-order valence-electron chi connectivity index (χ3n) is 3.97. The molecule has 1 heterocycles. The molecule has 0 bridgehead atoms. The zero-order valence-corrected chi connectivity index (χ0v) is 12.0. The number of carbonyl (C=O) groups excluding carboxylic acids is 1. The van der Waals surface area contributed by atoms with Crippen LogP contribution >= 0.6 is 0 Å². The van der Waals surface area contributed by atoms with E-state index in [0.29, 0.717) is 23.5 Å².